The molecule has 2 fully saturated rings. The van der Waals surface area contributed by atoms with Crippen LogP contribution in [-0.2, 0) is 9.47 Å². The minimum atomic E-state index is 0.361. The maximum Gasteiger partial charge on any atom is 0.0861 e. The van der Waals surface area contributed by atoms with Gasteiger partial charge in [-0.15, -0.1) is 0 Å². The maximum atomic E-state index is 6.38. The Hall–Kier alpha value is -0.0800. The molecule has 1 aliphatic carbocycles. The normalized spacial score (nSPS) is 34.1. The summed E-state index contributed by atoms with van der Waals surface area (Å²) in [5.74, 6) is 0.796. The van der Waals surface area contributed by atoms with E-state index >= 15 is 0 Å². The molecule has 2 rings (SSSR count). The fraction of sp³-hybridized carbons (Fsp3) is 1.00. The Labute approximate surface area is 119 Å². The third kappa shape index (κ3) is 4.46. The first-order chi connectivity index (χ1) is 9.35. The van der Waals surface area contributed by atoms with Gasteiger partial charge in [-0.1, -0.05) is 45.4 Å². The van der Waals surface area contributed by atoms with Crippen LogP contribution < -0.4 is 0 Å². The Morgan fingerprint density at radius 3 is 2.32 bits per heavy atom. The number of ether oxygens (including phenoxy) is 2. The van der Waals surface area contributed by atoms with Crippen molar-refractivity contribution in [3.63, 3.8) is 0 Å². The standard InChI is InChI=1S/C17H32O2/c1-3-10-15-17(18-4-2)13-16(19-15)14-11-8-6-5-7-9-12-14/h14-17H,3-13H2,1-2H3. The average molecular weight is 268 g/mol. The monoisotopic (exact) mass is 268 g/mol. The molecule has 0 aromatic heterocycles. The van der Waals surface area contributed by atoms with Crippen LogP contribution in [0.25, 0.3) is 0 Å². The number of hydrogen-bond acceptors (Lipinski definition) is 2. The minimum Gasteiger partial charge on any atom is -0.376 e. The minimum absolute atomic E-state index is 0.361. The lowest BCUT2D eigenvalue weighted by Gasteiger charge is -2.25. The quantitative estimate of drug-likeness (QED) is 0.719. The molecule has 112 valence electrons. The molecule has 1 aliphatic heterocycles. The second-order valence-corrected chi connectivity index (χ2v) is 6.34. The van der Waals surface area contributed by atoms with Crippen molar-refractivity contribution in [2.24, 2.45) is 5.92 Å². The summed E-state index contributed by atoms with van der Waals surface area (Å²) in [5, 5.41) is 0. The highest BCUT2D eigenvalue weighted by molar-refractivity contribution is 4.87. The fourth-order valence-electron chi connectivity index (χ4n) is 3.84. The van der Waals surface area contributed by atoms with E-state index in [0.717, 1.165) is 25.4 Å². The van der Waals surface area contributed by atoms with Crippen molar-refractivity contribution in [3.05, 3.63) is 0 Å². The largest absolute Gasteiger partial charge is 0.376 e. The lowest BCUT2D eigenvalue weighted by molar-refractivity contribution is -0.0372. The van der Waals surface area contributed by atoms with E-state index in [1.807, 2.05) is 0 Å². The van der Waals surface area contributed by atoms with Crippen LogP contribution in [0.2, 0.25) is 0 Å². The van der Waals surface area contributed by atoms with Crippen LogP contribution in [0.15, 0.2) is 0 Å². The van der Waals surface area contributed by atoms with Gasteiger partial charge in [0, 0.05) is 13.0 Å². The van der Waals surface area contributed by atoms with Crippen LogP contribution in [0.4, 0.5) is 0 Å². The van der Waals surface area contributed by atoms with Gasteiger partial charge in [0.25, 0.3) is 0 Å². The molecule has 2 heteroatoms. The van der Waals surface area contributed by atoms with Gasteiger partial charge in [0.05, 0.1) is 18.3 Å². The molecule has 0 amide bonds. The first-order valence-electron chi connectivity index (χ1n) is 8.62. The molecule has 0 aromatic rings. The predicted octanol–water partition coefficient (Wildman–Crippen LogP) is 4.71. The zero-order chi connectivity index (χ0) is 13.5. The third-order valence-electron chi connectivity index (χ3n) is 4.86. The van der Waals surface area contributed by atoms with E-state index in [-0.39, 0.29) is 0 Å². The van der Waals surface area contributed by atoms with E-state index in [1.54, 1.807) is 0 Å². The van der Waals surface area contributed by atoms with E-state index in [9.17, 15) is 0 Å². The van der Waals surface area contributed by atoms with Crippen molar-refractivity contribution in [3.8, 4) is 0 Å². The number of hydrogen-bond donors (Lipinski definition) is 0. The molecule has 2 nitrogen and oxygen atoms in total. The molecule has 3 atom stereocenters. The number of rotatable bonds is 5. The SMILES string of the molecule is CCCC1OC(C2CCCCCCC2)CC1OCC. The van der Waals surface area contributed by atoms with E-state index < -0.39 is 0 Å². The van der Waals surface area contributed by atoms with Crippen LogP contribution in [-0.4, -0.2) is 24.9 Å². The van der Waals surface area contributed by atoms with Crippen LogP contribution >= 0.6 is 0 Å². The molecule has 19 heavy (non-hydrogen) atoms. The highest BCUT2D eigenvalue weighted by Crippen LogP contribution is 2.36. The Morgan fingerprint density at radius 1 is 1.00 bits per heavy atom. The van der Waals surface area contributed by atoms with E-state index in [0.29, 0.717) is 18.3 Å². The van der Waals surface area contributed by atoms with Crippen LogP contribution in [0.5, 0.6) is 0 Å². The molecule has 0 radical (unpaired) electrons. The summed E-state index contributed by atoms with van der Waals surface area (Å²) >= 11 is 0. The van der Waals surface area contributed by atoms with Crippen molar-refractivity contribution in [1.29, 1.82) is 0 Å². The van der Waals surface area contributed by atoms with Crippen molar-refractivity contribution >= 4 is 0 Å². The molecule has 1 saturated carbocycles. The first-order valence-corrected chi connectivity index (χ1v) is 8.62. The third-order valence-corrected chi connectivity index (χ3v) is 4.86. The first kappa shape index (κ1) is 15.3. The Bertz CT molecular complexity index is 219. The maximum absolute atomic E-state index is 6.38. The fourth-order valence-corrected chi connectivity index (χ4v) is 3.84. The molecule has 0 spiro atoms. The topological polar surface area (TPSA) is 18.5 Å². The van der Waals surface area contributed by atoms with E-state index in [1.165, 1.54) is 51.4 Å². The van der Waals surface area contributed by atoms with Gasteiger partial charge < -0.3 is 9.47 Å². The molecular formula is C17H32O2. The average Bonchev–Trinajstić information content (AvgIpc) is 2.73. The lowest BCUT2D eigenvalue weighted by Crippen LogP contribution is -2.24. The lowest BCUT2D eigenvalue weighted by atomic mass is 9.86. The van der Waals surface area contributed by atoms with Crippen molar-refractivity contribution in [2.45, 2.75) is 96.4 Å². The molecule has 3 unspecified atom stereocenters. The second-order valence-electron chi connectivity index (χ2n) is 6.34. The Balaban J connectivity index is 1.88. The van der Waals surface area contributed by atoms with Crippen molar-refractivity contribution < 1.29 is 9.47 Å². The van der Waals surface area contributed by atoms with Crippen molar-refractivity contribution in [1.82, 2.24) is 0 Å². The molecule has 0 aromatic carbocycles. The van der Waals surface area contributed by atoms with Gasteiger partial charge in [-0.05, 0) is 32.1 Å². The second kappa shape index (κ2) is 8.26. The molecule has 0 bridgehead atoms. The van der Waals surface area contributed by atoms with Gasteiger partial charge in [-0.25, -0.2) is 0 Å². The molecular weight excluding hydrogens is 236 g/mol. The summed E-state index contributed by atoms with van der Waals surface area (Å²) in [6.07, 6.45) is 14.6. The van der Waals surface area contributed by atoms with Gasteiger partial charge in [-0.3, -0.25) is 0 Å². The summed E-state index contributed by atoms with van der Waals surface area (Å²) < 4.78 is 12.3. The summed E-state index contributed by atoms with van der Waals surface area (Å²) in [7, 11) is 0. The van der Waals surface area contributed by atoms with Gasteiger partial charge in [-0.2, -0.15) is 0 Å². The molecule has 0 N–H and O–H groups in total. The van der Waals surface area contributed by atoms with Gasteiger partial charge >= 0.3 is 0 Å². The Morgan fingerprint density at radius 2 is 1.68 bits per heavy atom. The van der Waals surface area contributed by atoms with Gasteiger partial charge in [0.15, 0.2) is 0 Å². The van der Waals surface area contributed by atoms with E-state index in [4.69, 9.17) is 9.47 Å². The zero-order valence-electron chi connectivity index (χ0n) is 12.9. The summed E-state index contributed by atoms with van der Waals surface area (Å²) in [4.78, 5) is 0. The van der Waals surface area contributed by atoms with E-state index in [2.05, 4.69) is 13.8 Å². The highest BCUT2D eigenvalue weighted by Gasteiger charge is 2.38. The van der Waals surface area contributed by atoms with Crippen LogP contribution in [0.1, 0.15) is 78.1 Å². The smallest absolute Gasteiger partial charge is 0.0861 e. The summed E-state index contributed by atoms with van der Waals surface area (Å²) in [6, 6.07) is 0. The summed E-state index contributed by atoms with van der Waals surface area (Å²) in [6.45, 7) is 5.17. The zero-order valence-corrected chi connectivity index (χ0v) is 12.9. The Kier molecular flexibility index (Phi) is 6.66. The summed E-state index contributed by atoms with van der Waals surface area (Å²) in [5.41, 5.74) is 0. The van der Waals surface area contributed by atoms with Crippen LogP contribution in [0.3, 0.4) is 0 Å². The van der Waals surface area contributed by atoms with Gasteiger partial charge in [0.1, 0.15) is 0 Å². The highest BCUT2D eigenvalue weighted by atomic mass is 16.6. The molecule has 2 aliphatic rings. The van der Waals surface area contributed by atoms with Crippen molar-refractivity contribution in [2.75, 3.05) is 6.61 Å². The molecule has 1 heterocycles. The predicted molar refractivity (Wildman–Crippen MR) is 79.4 cm³/mol. The molecule has 1 saturated heterocycles. The van der Waals surface area contributed by atoms with Gasteiger partial charge in [0.2, 0.25) is 0 Å². The van der Waals surface area contributed by atoms with Crippen LogP contribution in [0, 0.1) is 5.92 Å².